The van der Waals surface area contributed by atoms with Gasteiger partial charge in [0, 0.05) is 42.6 Å². The van der Waals surface area contributed by atoms with E-state index >= 15 is 0 Å². The molecule has 0 bridgehead atoms. The van der Waals surface area contributed by atoms with E-state index < -0.39 is 11.7 Å². The summed E-state index contributed by atoms with van der Waals surface area (Å²) in [7, 11) is 0. The molecule has 1 aromatic heterocycles. The van der Waals surface area contributed by atoms with E-state index in [-0.39, 0.29) is 6.04 Å². The molecule has 0 spiro atoms. The summed E-state index contributed by atoms with van der Waals surface area (Å²) < 4.78 is 38.4. The van der Waals surface area contributed by atoms with E-state index in [1.165, 1.54) is 12.1 Å². The summed E-state index contributed by atoms with van der Waals surface area (Å²) in [6.45, 7) is 2.74. The van der Waals surface area contributed by atoms with Gasteiger partial charge in [-0.1, -0.05) is 0 Å². The second kappa shape index (κ2) is 6.09. The van der Waals surface area contributed by atoms with Gasteiger partial charge in [-0.3, -0.25) is 9.99 Å². The third-order valence-electron chi connectivity index (χ3n) is 4.58. The largest absolute Gasteiger partial charge is 0.416 e. The van der Waals surface area contributed by atoms with Crippen LogP contribution in [0.1, 0.15) is 18.1 Å². The Morgan fingerprint density at radius 2 is 1.77 bits per heavy atom. The number of nitrogens with zero attached hydrogens (tertiary/aromatic N) is 3. The zero-order valence-electron chi connectivity index (χ0n) is 14.0. The molecule has 0 saturated heterocycles. The van der Waals surface area contributed by atoms with Crippen molar-refractivity contribution < 1.29 is 13.2 Å². The summed E-state index contributed by atoms with van der Waals surface area (Å²) >= 11 is 0. The number of rotatable bonds is 2. The van der Waals surface area contributed by atoms with Gasteiger partial charge in [0.2, 0.25) is 0 Å². The first-order valence-electron chi connectivity index (χ1n) is 8.25. The molecule has 0 aliphatic carbocycles. The monoisotopic (exact) mass is 358 g/mol. The predicted octanol–water partition coefficient (Wildman–Crippen LogP) is 4.01. The lowest BCUT2D eigenvalue weighted by Crippen LogP contribution is -2.47. The van der Waals surface area contributed by atoms with Crippen molar-refractivity contribution in [2.24, 2.45) is 0 Å². The maximum atomic E-state index is 12.8. The molecule has 2 aliphatic rings. The van der Waals surface area contributed by atoms with E-state index in [1.807, 2.05) is 29.4 Å². The third-order valence-corrected chi connectivity index (χ3v) is 4.58. The van der Waals surface area contributed by atoms with Crippen molar-refractivity contribution in [2.45, 2.75) is 19.1 Å². The van der Waals surface area contributed by atoms with Crippen molar-refractivity contribution in [2.75, 3.05) is 11.4 Å². The smallest absolute Gasteiger partial charge is 0.344 e. The zero-order valence-corrected chi connectivity index (χ0v) is 14.0. The van der Waals surface area contributed by atoms with Gasteiger partial charge in [0.15, 0.2) is 0 Å². The Kier molecular flexibility index (Phi) is 3.86. The van der Waals surface area contributed by atoms with Gasteiger partial charge >= 0.3 is 6.18 Å². The number of halogens is 3. The molecule has 0 saturated carbocycles. The molecule has 7 heteroatoms. The molecule has 0 unspecified atom stereocenters. The Bertz CT molecular complexity index is 857. The number of alkyl halides is 3. The number of fused-ring (bicyclic) bond motifs is 1. The Hall–Kier alpha value is -2.96. The predicted molar refractivity (Wildman–Crippen MR) is 93.5 cm³/mol. The van der Waals surface area contributed by atoms with Gasteiger partial charge in [0.1, 0.15) is 0 Å². The number of aromatic nitrogens is 1. The Balaban J connectivity index is 1.66. The standard InChI is InChI=1S/C19H17F3N4/c1-13-11-25(16-4-2-15(3-5-16)19(20,21)22)12-18-17(10-24-26(13)18)14-6-8-23-9-7-14/h2-10,12-13,24H,11H2,1H3/t13-/m0/s1. The van der Waals surface area contributed by atoms with E-state index in [2.05, 4.69) is 22.3 Å². The van der Waals surface area contributed by atoms with E-state index in [4.69, 9.17) is 0 Å². The molecule has 4 nitrogen and oxygen atoms in total. The average Bonchev–Trinajstić information content (AvgIpc) is 3.06. The maximum Gasteiger partial charge on any atom is 0.416 e. The summed E-state index contributed by atoms with van der Waals surface area (Å²) in [5.41, 5.74) is 6.40. The van der Waals surface area contributed by atoms with Crippen LogP contribution in [0.4, 0.5) is 18.9 Å². The van der Waals surface area contributed by atoms with Crippen LogP contribution in [0.15, 0.2) is 66.9 Å². The highest BCUT2D eigenvalue weighted by Crippen LogP contribution is 2.35. The first-order valence-corrected chi connectivity index (χ1v) is 8.25. The van der Waals surface area contributed by atoms with Crippen molar-refractivity contribution in [3.05, 3.63) is 78.0 Å². The van der Waals surface area contributed by atoms with Crippen LogP contribution in [0.5, 0.6) is 0 Å². The van der Waals surface area contributed by atoms with Gasteiger partial charge < -0.3 is 10.3 Å². The SMILES string of the molecule is C[C@H]1CN(c2ccc(C(F)(F)F)cc2)C=C2C(c3ccncc3)=CNN21. The lowest BCUT2D eigenvalue weighted by atomic mass is 10.0. The van der Waals surface area contributed by atoms with Crippen molar-refractivity contribution in [3.8, 4) is 0 Å². The van der Waals surface area contributed by atoms with Gasteiger partial charge in [-0.15, -0.1) is 0 Å². The van der Waals surface area contributed by atoms with E-state index in [0.717, 1.165) is 34.7 Å². The lowest BCUT2D eigenvalue weighted by molar-refractivity contribution is -0.137. The number of anilines is 1. The number of hydrazine groups is 1. The van der Waals surface area contributed by atoms with Crippen LogP contribution >= 0.6 is 0 Å². The van der Waals surface area contributed by atoms with Crippen LogP contribution in [-0.2, 0) is 6.18 Å². The number of nitrogens with one attached hydrogen (secondary N) is 1. The molecule has 1 N–H and O–H groups in total. The summed E-state index contributed by atoms with van der Waals surface area (Å²) in [4.78, 5) is 6.03. The highest BCUT2D eigenvalue weighted by Gasteiger charge is 2.32. The molecule has 2 aromatic rings. The molecule has 0 fully saturated rings. The molecule has 0 amide bonds. The Morgan fingerprint density at radius 3 is 2.42 bits per heavy atom. The number of pyridine rings is 1. The molecular weight excluding hydrogens is 341 g/mol. The quantitative estimate of drug-likeness (QED) is 0.879. The summed E-state index contributed by atoms with van der Waals surface area (Å²) in [5, 5.41) is 2.07. The molecule has 26 heavy (non-hydrogen) atoms. The molecule has 2 aliphatic heterocycles. The van der Waals surface area contributed by atoms with Crippen LogP contribution in [0.2, 0.25) is 0 Å². The fraction of sp³-hybridized carbons (Fsp3) is 0.211. The first kappa shape index (κ1) is 16.5. The molecule has 0 radical (unpaired) electrons. The normalized spacial score (nSPS) is 19.6. The second-order valence-corrected chi connectivity index (χ2v) is 6.35. The van der Waals surface area contributed by atoms with E-state index in [9.17, 15) is 13.2 Å². The Morgan fingerprint density at radius 1 is 1.08 bits per heavy atom. The highest BCUT2D eigenvalue weighted by atomic mass is 19.4. The number of hydrogen-bond donors (Lipinski definition) is 1. The van der Waals surface area contributed by atoms with Crippen molar-refractivity contribution in [1.82, 2.24) is 15.4 Å². The lowest BCUT2D eigenvalue weighted by Gasteiger charge is -2.38. The van der Waals surface area contributed by atoms with Gasteiger partial charge in [0.25, 0.3) is 0 Å². The van der Waals surface area contributed by atoms with Crippen LogP contribution < -0.4 is 10.3 Å². The van der Waals surface area contributed by atoms with Gasteiger partial charge in [0.05, 0.1) is 17.3 Å². The number of benzene rings is 1. The zero-order chi connectivity index (χ0) is 18.3. The van der Waals surface area contributed by atoms with Crippen LogP contribution in [0.3, 0.4) is 0 Å². The van der Waals surface area contributed by atoms with Crippen LogP contribution in [-0.4, -0.2) is 22.6 Å². The van der Waals surface area contributed by atoms with Gasteiger partial charge in [-0.2, -0.15) is 13.2 Å². The van der Waals surface area contributed by atoms with Crippen LogP contribution in [0, 0.1) is 0 Å². The van der Waals surface area contributed by atoms with Gasteiger partial charge in [-0.25, -0.2) is 0 Å². The van der Waals surface area contributed by atoms with Crippen molar-refractivity contribution >= 4 is 11.3 Å². The molecular formula is C19H17F3N4. The average molecular weight is 358 g/mol. The van der Waals surface area contributed by atoms with Crippen LogP contribution in [0.25, 0.3) is 5.57 Å². The minimum absolute atomic E-state index is 0.146. The first-order chi connectivity index (χ1) is 12.4. The maximum absolute atomic E-state index is 12.8. The fourth-order valence-electron chi connectivity index (χ4n) is 3.25. The minimum atomic E-state index is -4.32. The van der Waals surface area contributed by atoms with E-state index in [1.54, 1.807) is 12.4 Å². The molecule has 4 rings (SSSR count). The molecule has 1 aromatic carbocycles. The van der Waals surface area contributed by atoms with Crippen molar-refractivity contribution in [1.29, 1.82) is 0 Å². The second-order valence-electron chi connectivity index (χ2n) is 6.35. The van der Waals surface area contributed by atoms with Gasteiger partial charge in [-0.05, 0) is 48.9 Å². The number of allylic oxidation sites excluding steroid dienone is 1. The van der Waals surface area contributed by atoms with Crippen molar-refractivity contribution in [3.63, 3.8) is 0 Å². The molecule has 1 atom stereocenters. The highest BCUT2D eigenvalue weighted by molar-refractivity contribution is 5.81. The third kappa shape index (κ3) is 2.89. The molecule has 3 heterocycles. The fourth-order valence-corrected chi connectivity index (χ4v) is 3.25. The topological polar surface area (TPSA) is 31.4 Å². The summed E-state index contributed by atoms with van der Waals surface area (Å²) in [6.07, 6.45) is 3.05. The summed E-state index contributed by atoms with van der Waals surface area (Å²) in [5.74, 6) is 0. The Labute approximate surface area is 149 Å². The molecule has 134 valence electrons. The minimum Gasteiger partial charge on any atom is -0.344 e. The van der Waals surface area contributed by atoms with E-state index in [0.29, 0.717) is 6.54 Å². The summed E-state index contributed by atoms with van der Waals surface area (Å²) in [6, 6.07) is 9.28. The number of hydrogen-bond acceptors (Lipinski definition) is 4.